The first kappa shape index (κ1) is 12.7. The maximum atomic E-state index is 10.0. The minimum absolute atomic E-state index is 0.197. The van der Waals surface area contributed by atoms with Crippen LogP contribution >= 0.6 is 11.6 Å². The summed E-state index contributed by atoms with van der Waals surface area (Å²) in [6.45, 7) is 2.67. The van der Waals surface area contributed by atoms with Crippen molar-refractivity contribution in [3.8, 4) is 0 Å². The summed E-state index contributed by atoms with van der Waals surface area (Å²) in [6, 6.07) is 0. The number of Topliss-reactive ketones (excluding diaryl/α,β-unsaturated/α-hetero) is 1. The highest BCUT2D eigenvalue weighted by atomic mass is 35.5. The van der Waals surface area contributed by atoms with Gasteiger partial charge in [0.05, 0.1) is 0 Å². The van der Waals surface area contributed by atoms with Crippen LogP contribution in [0.25, 0.3) is 0 Å². The fraction of sp³-hybridized carbons (Fsp3) is 0.500. The van der Waals surface area contributed by atoms with Crippen LogP contribution in [-0.4, -0.2) is 22.1 Å². The number of rotatable bonds is 2. The van der Waals surface area contributed by atoms with E-state index in [1.807, 2.05) is 0 Å². The summed E-state index contributed by atoms with van der Waals surface area (Å²) >= 11 is 4.74. The topological polar surface area (TPSA) is 71.4 Å². The van der Waals surface area contributed by atoms with Gasteiger partial charge in [-0.05, 0) is 11.6 Å². The Bertz CT molecular complexity index is 160. The van der Waals surface area contributed by atoms with Crippen LogP contribution in [0.15, 0.2) is 0 Å². The summed E-state index contributed by atoms with van der Waals surface area (Å²) in [4.78, 5) is 28.8. The standard InChI is InChI=1S/C4H5ClO2.C2H4O2/c1-2-3(6)4(5)7;1-2(3)4/h2H2,1H3;1H3,(H,3,4). The van der Waals surface area contributed by atoms with Crippen LogP contribution in [0.2, 0.25) is 0 Å². The first-order valence-corrected chi connectivity index (χ1v) is 3.21. The Morgan fingerprint density at radius 3 is 1.64 bits per heavy atom. The van der Waals surface area contributed by atoms with Gasteiger partial charge in [-0.2, -0.15) is 0 Å². The Kier molecular flexibility index (Phi) is 8.36. The third kappa shape index (κ3) is 17.6. The van der Waals surface area contributed by atoms with Crippen molar-refractivity contribution in [1.29, 1.82) is 0 Å². The summed E-state index contributed by atoms with van der Waals surface area (Å²) in [5, 5.41) is 6.54. The van der Waals surface area contributed by atoms with Crippen molar-refractivity contribution >= 4 is 28.6 Å². The van der Waals surface area contributed by atoms with Gasteiger partial charge in [0.1, 0.15) is 0 Å². The minimum Gasteiger partial charge on any atom is -0.481 e. The smallest absolute Gasteiger partial charge is 0.300 e. The van der Waals surface area contributed by atoms with Gasteiger partial charge in [-0.3, -0.25) is 14.4 Å². The van der Waals surface area contributed by atoms with Gasteiger partial charge in [0.25, 0.3) is 11.2 Å². The van der Waals surface area contributed by atoms with Crippen LogP contribution < -0.4 is 0 Å². The lowest BCUT2D eigenvalue weighted by molar-refractivity contribution is -0.134. The lowest BCUT2D eigenvalue weighted by Gasteiger charge is -1.79. The highest BCUT2D eigenvalue weighted by Crippen LogP contribution is 1.85. The summed E-state index contributed by atoms with van der Waals surface area (Å²) in [7, 11) is 0. The molecule has 0 amide bonds. The predicted molar refractivity (Wildman–Crippen MR) is 39.5 cm³/mol. The second-order valence-corrected chi connectivity index (χ2v) is 1.91. The lowest BCUT2D eigenvalue weighted by atomic mass is 10.3. The number of carbonyl (C=O) groups excluding carboxylic acids is 2. The first-order chi connectivity index (χ1) is 4.91. The number of ketones is 1. The normalized spacial score (nSPS) is 7.55. The van der Waals surface area contributed by atoms with E-state index in [0.717, 1.165) is 6.92 Å². The van der Waals surface area contributed by atoms with E-state index in [-0.39, 0.29) is 6.42 Å². The molecule has 0 radical (unpaired) electrons. The zero-order valence-corrected chi connectivity index (χ0v) is 7.01. The molecule has 0 atom stereocenters. The molecule has 0 aromatic carbocycles. The quantitative estimate of drug-likeness (QED) is 0.505. The Balaban J connectivity index is 0. The highest BCUT2D eigenvalue weighted by Gasteiger charge is 2.04. The zero-order valence-electron chi connectivity index (χ0n) is 6.26. The molecule has 11 heavy (non-hydrogen) atoms. The largest absolute Gasteiger partial charge is 0.481 e. The Labute approximate surface area is 69.2 Å². The minimum atomic E-state index is -0.873. The third-order valence-corrected chi connectivity index (χ3v) is 0.751. The molecule has 0 fully saturated rings. The Hall–Kier alpha value is -0.900. The second-order valence-electron chi connectivity index (χ2n) is 1.57. The summed E-state index contributed by atoms with van der Waals surface area (Å²) in [5.41, 5.74) is 0. The van der Waals surface area contributed by atoms with Crippen molar-refractivity contribution < 1.29 is 19.5 Å². The van der Waals surface area contributed by atoms with E-state index in [1.54, 1.807) is 6.92 Å². The number of carboxylic acid groups (broad SMARTS) is 1. The van der Waals surface area contributed by atoms with Gasteiger partial charge in [-0.15, -0.1) is 0 Å². The van der Waals surface area contributed by atoms with Crippen molar-refractivity contribution in [2.45, 2.75) is 20.3 Å². The molecule has 0 bridgehead atoms. The van der Waals surface area contributed by atoms with Crippen molar-refractivity contribution in [2.24, 2.45) is 0 Å². The third-order valence-electron chi connectivity index (χ3n) is 0.540. The summed E-state index contributed by atoms with van der Waals surface area (Å²) < 4.78 is 0. The van der Waals surface area contributed by atoms with Crippen molar-refractivity contribution in [1.82, 2.24) is 0 Å². The Morgan fingerprint density at radius 1 is 1.36 bits per heavy atom. The molecule has 0 aliphatic carbocycles. The van der Waals surface area contributed by atoms with Crippen molar-refractivity contribution in [2.75, 3.05) is 0 Å². The summed E-state index contributed by atoms with van der Waals surface area (Å²) in [6.07, 6.45) is 0.197. The van der Waals surface area contributed by atoms with Gasteiger partial charge in [0, 0.05) is 13.3 Å². The van der Waals surface area contributed by atoms with Gasteiger partial charge in [-0.25, -0.2) is 0 Å². The van der Waals surface area contributed by atoms with E-state index < -0.39 is 17.0 Å². The molecule has 64 valence electrons. The molecule has 0 aliphatic rings. The van der Waals surface area contributed by atoms with Crippen LogP contribution in [0.1, 0.15) is 20.3 Å². The van der Waals surface area contributed by atoms with E-state index in [1.165, 1.54) is 0 Å². The molecule has 0 aromatic heterocycles. The SMILES string of the molecule is CC(=O)O.CCC(=O)C(=O)Cl. The van der Waals surface area contributed by atoms with Gasteiger partial charge in [0.15, 0.2) is 0 Å². The maximum absolute atomic E-state index is 10.0. The second kappa shape index (κ2) is 7.21. The molecule has 5 heteroatoms. The average molecular weight is 181 g/mol. The number of carboxylic acids is 1. The molecule has 4 nitrogen and oxygen atoms in total. The van der Waals surface area contributed by atoms with Crippen LogP contribution in [0, 0.1) is 0 Å². The van der Waals surface area contributed by atoms with Gasteiger partial charge < -0.3 is 5.11 Å². The molecular weight excluding hydrogens is 172 g/mol. The predicted octanol–water partition coefficient (Wildman–Crippen LogP) is 0.822. The lowest BCUT2D eigenvalue weighted by Crippen LogP contribution is -2.03. The fourth-order valence-electron chi connectivity index (χ4n) is 0.139. The van der Waals surface area contributed by atoms with E-state index in [0.29, 0.717) is 0 Å². The molecule has 0 saturated heterocycles. The average Bonchev–Trinajstić information content (AvgIpc) is 1.85. The number of hydrogen-bond acceptors (Lipinski definition) is 3. The Morgan fingerprint density at radius 2 is 1.64 bits per heavy atom. The highest BCUT2D eigenvalue weighted by molar-refractivity contribution is 6.81. The van der Waals surface area contributed by atoms with Crippen molar-refractivity contribution in [3.63, 3.8) is 0 Å². The number of halogens is 1. The first-order valence-electron chi connectivity index (χ1n) is 2.84. The fourth-order valence-corrected chi connectivity index (χ4v) is 0.273. The molecular formula is C6H9ClO4. The molecule has 1 N–H and O–H groups in total. The number of aliphatic carboxylic acids is 1. The molecule has 0 rings (SSSR count). The number of hydrogen-bond donors (Lipinski definition) is 1. The molecule has 0 aromatic rings. The monoisotopic (exact) mass is 180 g/mol. The number of carbonyl (C=O) groups is 3. The van der Waals surface area contributed by atoms with E-state index in [9.17, 15) is 9.59 Å². The maximum Gasteiger partial charge on any atom is 0.300 e. The molecule has 0 spiro atoms. The van der Waals surface area contributed by atoms with Crippen LogP contribution in [0.5, 0.6) is 0 Å². The molecule has 0 unspecified atom stereocenters. The van der Waals surface area contributed by atoms with Gasteiger partial charge in [-0.1, -0.05) is 6.92 Å². The molecule has 0 saturated carbocycles. The zero-order chi connectivity index (χ0) is 9.44. The summed E-state index contributed by atoms with van der Waals surface area (Å²) in [5.74, 6) is -1.36. The van der Waals surface area contributed by atoms with Crippen LogP contribution in [0.3, 0.4) is 0 Å². The van der Waals surface area contributed by atoms with Gasteiger partial charge in [0.2, 0.25) is 5.78 Å². The van der Waals surface area contributed by atoms with Crippen LogP contribution in [-0.2, 0) is 14.4 Å². The van der Waals surface area contributed by atoms with E-state index >= 15 is 0 Å². The molecule has 0 aliphatic heterocycles. The van der Waals surface area contributed by atoms with E-state index in [2.05, 4.69) is 0 Å². The van der Waals surface area contributed by atoms with Crippen LogP contribution in [0.4, 0.5) is 0 Å². The van der Waals surface area contributed by atoms with Gasteiger partial charge >= 0.3 is 0 Å². The van der Waals surface area contributed by atoms with E-state index in [4.69, 9.17) is 21.5 Å². The van der Waals surface area contributed by atoms with Crippen molar-refractivity contribution in [3.05, 3.63) is 0 Å². The molecule has 0 heterocycles.